The molecular formula is C15H15NO4. The van der Waals surface area contributed by atoms with Gasteiger partial charge in [-0.15, -0.1) is 0 Å². The van der Waals surface area contributed by atoms with Crippen LogP contribution in [0.2, 0.25) is 2.82 Å². The maximum absolute atomic E-state index is 11.1. The highest BCUT2D eigenvalue weighted by atomic mass is 16.5. The number of nitrogens with two attached hydrogens (primary N) is 1. The number of phenols is 1. The first-order chi connectivity index (χ1) is 10.8. The molecular weight excluding hydrogens is 258 g/mol. The first kappa shape index (κ1) is 10.3. The summed E-state index contributed by atoms with van der Waals surface area (Å²) in [5.74, 6) is -0.409. The van der Waals surface area contributed by atoms with Crippen LogP contribution < -0.4 is 10.5 Å². The lowest BCUT2D eigenvalue weighted by Crippen LogP contribution is -2.32. The highest BCUT2D eigenvalue weighted by Gasteiger charge is 2.11. The predicted octanol–water partition coefficient (Wildman–Crippen LogP) is 2.14. The highest BCUT2D eigenvalue weighted by Crippen LogP contribution is 2.23. The maximum atomic E-state index is 11.1. The number of hydrogen-bond acceptors (Lipinski definition) is 4. The lowest BCUT2D eigenvalue weighted by molar-refractivity contribution is -0.138. The second-order valence-corrected chi connectivity index (χ2v) is 4.17. The fourth-order valence-electron chi connectivity index (χ4n) is 1.59. The summed E-state index contributed by atoms with van der Waals surface area (Å²) in [6, 6.07) is 10.1. The molecule has 0 spiro atoms. The third-order valence-electron chi connectivity index (χ3n) is 2.61. The molecule has 2 aromatic carbocycles. The van der Waals surface area contributed by atoms with Crippen LogP contribution in [0.1, 0.15) is 6.93 Å². The minimum Gasteiger partial charge on any atom is -0.508 e. The number of carboxylic acid groups (broad SMARTS) is 1. The Hall–Kier alpha value is -2.53. The van der Waals surface area contributed by atoms with E-state index in [0.717, 1.165) is 0 Å². The molecule has 2 aromatic rings. The molecule has 0 saturated carbocycles. The molecule has 0 unspecified atom stereocenters. The minimum atomic E-state index is -2.38. The number of rotatable bonds is 6. The highest BCUT2D eigenvalue weighted by molar-refractivity contribution is 5.73. The summed E-state index contributed by atoms with van der Waals surface area (Å²) < 4.78 is 27.5. The van der Waals surface area contributed by atoms with Crippen molar-refractivity contribution in [3.8, 4) is 17.2 Å². The van der Waals surface area contributed by atoms with Gasteiger partial charge in [-0.05, 0) is 48.4 Å². The number of carbonyl (C=O) groups is 1. The Bertz CT molecular complexity index is 676. The van der Waals surface area contributed by atoms with Gasteiger partial charge in [-0.25, -0.2) is 0 Å². The van der Waals surface area contributed by atoms with E-state index in [9.17, 15) is 9.90 Å². The van der Waals surface area contributed by atoms with Gasteiger partial charge >= 0.3 is 5.97 Å². The van der Waals surface area contributed by atoms with Gasteiger partial charge in [-0.2, -0.15) is 0 Å². The van der Waals surface area contributed by atoms with Gasteiger partial charge in [0.05, 0.1) is 1.37 Å². The second-order valence-electron chi connectivity index (χ2n) is 4.17. The van der Waals surface area contributed by atoms with E-state index in [1.807, 2.05) is 0 Å². The van der Waals surface area contributed by atoms with E-state index in [4.69, 9.17) is 14.0 Å². The molecule has 0 fully saturated rings. The van der Waals surface area contributed by atoms with Crippen LogP contribution in [0.15, 0.2) is 48.5 Å². The second kappa shape index (κ2) is 6.08. The number of aromatic hydroxyl groups is 1. The van der Waals surface area contributed by atoms with Crippen molar-refractivity contribution in [1.82, 2.24) is 0 Å². The SMILES string of the molecule is [3H]N([3H])[C@@]([3H])(Cc1ccc(Oc2ccc(O)cc2)cc1)C(=O)O. The monoisotopic (exact) mass is 279 g/mol. The number of benzene rings is 2. The van der Waals surface area contributed by atoms with Gasteiger partial charge < -0.3 is 20.7 Å². The van der Waals surface area contributed by atoms with Crippen molar-refractivity contribution in [2.24, 2.45) is 5.72 Å². The topological polar surface area (TPSA) is 92.8 Å². The van der Waals surface area contributed by atoms with Crippen molar-refractivity contribution in [3.63, 3.8) is 0 Å². The smallest absolute Gasteiger partial charge is 0.320 e. The molecule has 0 aliphatic carbocycles. The Morgan fingerprint density at radius 2 is 1.75 bits per heavy atom. The van der Waals surface area contributed by atoms with Crippen LogP contribution in [0.3, 0.4) is 0 Å². The van der Waals surface area contributed by atoms with Gasteiger partial charge in [-0.3, -0.25) is 4.79 Å². The van der Waals surface area contributed by atoms with Crippen LogP contribution in [0.4, 0.5) is 0 Å². The molecule has 104 valence electrons. The Morgan fingerprint density at radius 3 is 2.25 bits per heavy atom. The van der Waals surface area contributed by atoms with E-state index in [1.165, 1.54) is 12.1 Å². The quantitative estimate of drug-likeness (QED) is 0.753. The molecule has 1 atom stereocenters. The zero-order valence-electron chi connectivity index (χ0n) is 13.5. The van der Waals surface area contributed by atoms with Crippen LogP contribution in [0, 0.1) is 0 Å². The zero-order chi connectivity index (χ0) is 17.0. The third-order valence-corrected chi connectivity index (χ3v) is 2.61. The van der Waals surface area contributed by atoms with Gasteiger partial charge in [0.15, 0.2) is 0 Å². The standard InChI is InChI=1S/C15H15NO4/c16-14(15(18)19)9-10-1-5-12(6-2-10)20-13-7-3-11(17)4-8-13/h1-8,14,17H,9,16H2,(H,18,19)/t14-/m0/s1/i14T/hT2. The molecule has 5 heteroatoms. The summed E-state index contributed by atoms with van der Waals surface area (Å²) in [5.41, 5.74) is 0.362. The van der Waals surface area contributed by atoms with Crippen molar-refractivity contribution in [3.05, 3.63) is 54.1 Å². The van der Waals surface area contributed by atoms with Gasteiger partial charge in [0.25, 0.3) is 0 Å². The summed E-state index contributed by atoms with van der Waals surface area (Å²) in [4.78, 5) is 11.1. The zero-order valence-corrected chi connectivity index (χ0v) is 10.5. The molecule has 0 aliphatic rings. The van der Waals surface area contributed by atoms with Crippen LogP contribution in [0.5, 0.6) is 17.2 Å². The van der Waals surface area contributed by atoms with E-state index in [2.05, 4.69) is 0 Å². The summed E-state index contributed by atoms with van der Waals surface area (Å²) in [7, 11) is 0. The molecule has 0 aliphatic heterocycles. The lowest BCUT2D eigenvalue weighted by Gasteiger charge is -2.08. The molecule has 0 saturated heterocycles. The van der Waals surface area contributed by atoms with Crippen LogP contribution >= 0.6 is 0 Å². The van der Waals surface area contributed by atoms with Crippen LogP contribution in [-0.4, -0.2) is 22.2 Å². The number of ether oxygens (including phenoxy) is 1. The molecule has 0 radical (unpaired) electrons. The van der Waals surface area contributed by atoms with E-state index >= 15 is 0 Å². The summed E-state index contributed by atoms with van der Waals surface area (Å²) in [6.07, 6.45) is -0.311. The Morgan fingerprint density at radius 1 is 1.20 bits per heavy atom. The van der Waals surface area contributed by atoms with Crippen molar-refractivity contribution in [2.45, 2.75) is 12.4 Å². The average molecular weight is 279 g/mol. The normalized spacial score (nSPS) is 15.8. The third kappa shape index (κ3) is 3.73. The van der Waals surface area contributed by atoms with Gasteiger partial charge in [0.2, 0.25) is 0 Å². The maximum Gasteiger partial charge on any atom is 0.320 e. The first-order valence-corrected chi connectivity index (χ1v) is 5.88. The molecule has 4 N–H and O–H groups in total. The van der Waals surface area contributed by atoms with Gasteiger partial charge in [0.1, 0.15) is 26.1 Å². The summed E-state index contributed by atoms with van der Waals surface area (Å²) >= 11 is 0. The van der Waals surface area contributed by atoms with Crippen molar-refractivity contribution >= 4 is 5.97 Å². The van der Waals surface area contributed by atoms with E-state index in [0.29, 0.717) is 17.1 Å². The minimum absolute atomic E-state index is 0.128. The Balaban J connectivity index is 2.10. The molecule has 0 amide bonds. The average Bonchev–Trinajstić information content (AvgIpc) is 2.51. The van der Waals surface area contributed by atoms with Crippen molar-refractivity contribution < 1.29 is 23.9 Å². The molecule has 0 bridgehead atoms. The van der Waals surface area contributed by atoms with Crippen LogP contribution in [-0.2, 0) is 11.2 Å². The first-order valence-electron chi connectivity index (χ1n) is 7.28. The van der Waals surface area contributed by atoms with Crippen molar-refractivity contribution in [1.29, 1.82) is 0 Å². The van der Waals surface area contributed by atoms with Crippen LogP contribution in [0.25, 0.3) is 0 Å². The van der Waals surface area contributed by atoms with E-state index in [-0.39, 0.29) is 17.9 Å². The van der Waals surface area contributed by atoms with E-state index < -0.39 is 12.0 Å². The molecule has 5 nitrogen and oxygen atoms in total. The fraction of sp³-hybridized carbons (Fsp3) is 0.133. The Kier molecular flexibility index (Phi) is 3.12. The van der Waals surface area contributed by atoms with Gasteiger partial charge in [0, 0.05) is 0 Å². The lowest BCUT2D eigenvalue weighted by atomic mass is 10.1. The van der Waals surface area contributed by atoms with E-state index in [1.54, 1.807) is 36.4 Å². The summed E-state index contributed by atoms with van der Waals surface area (Å²) in [6.45, 7) is 0. The fourth-order valence-corrected chi connectivity index (χ4v) is 1.59. The summed E-state index contributed by atoms with van der Waals surface area (Å²) in [5, 5.41) is 18.2. The molecule has 0 aromatic heterocycles. The van der Waals surface area contributed by atoms with Gasteiger partial charge in [-0.1, -0.05) is 12.1 Å². The number of hydrogen-bond donors (Lipinski definition) is 3. The molecule has 0 heterocycles. The Labute approximate surface area is 120 Å². The number of phenolic OH excluding ortho intramolecular Hbond substituents is 1. The predicted molar refractivity (Wildman–Crippen MR) is 73.9 cm³/mol. The molecule has 2 rings (SSSR count). The number of carboxylic acids is 1. The number of aliphatic carboxylic acids is 1. The largest absolute Gasteiger partial charge is 0.508 e. The van der Waals surface area contributed by atoms with Crippen molar-refractivity contribution in [2.75, 3.05) is 0 Å². The molecule has 20 heavy (non-hydrogen) atoms.